The van der Waals surface area contributed by atoms with Crippen molar-refractivity contribution < 1.29 is 18.7 Å². The average molecular weight is 331 g/mol. The van der Waals surface area contributed by atoms with Gasteiger partial charge in [0, 0.05) is 12.8 Å². The first-order chi connectivity index (χ1) is 11.6. The van der Waals surface area contributed by atoms with Crippen molar-refractivity contribution in [2.24, 2.45) is 0 Å². The molecule has 1 saturated carbocycles. The van der Waals surface area contributed by atoms with Crippen LogP contribution in [-0.2, 0) is 11.2 Å². The minimum atomic E-state index is -0.186. The van der Waals surface area contributed by atoms with Gasteiger partial charge >= 0.3 is 0 Å². The molecule has 0 radical (unpaired) electrons. The van der Waals surface area contributed by atoms with Crippen molar-refractivity contribution in [2.75, 3.05) is 6.61 Å². The summed E-state index contributed by atoms with van der Waals surface area (Å²) in [4.78, 5) is 25.0. The number of ketones is 1. The fourth-order valence-electron chi connectivity index (χ4n) is 4.62. The quantitative estimate of drug-likeness (QED) is 0.902. The van der Waals surface area contributed by atoms with Gasteiger partial charge in [-0.3, -0.25) is 9.59 Å². The maximum Gasteiger partial charge on any atom is 0.255 e. The van der Waals surface area contributed by atoms with E-state index < -0.39 is 0 Å². The number of hydrogen-bond donors (Lipinski definition) is 1. The molecule has 2 heterocycles. The van der Waals surface area contributed by atoms with E-state index in [0.717, 1.165) is 32.1 Å². The van der Waals surface area contributed by atoms with Crippen molar-refractivity contribution in [3.63, 3.8) is 0 Å². The second kappa shape index (κ2) is 6.03. The van der Waals surface area contributed by atoms with Crippen molar-refractivity contribution in [1.29, 1.82) is 0 Å². The maximum atomic E-state index is 12.8. The van der Waals surface area contributed by atoms with E-state index in [9.17, 15) is 9.59 Å². The number of amides is 1. The zero-order valence-electron chi connectivity index (χ0n) is 14.3. The maximum absolute atomic E-state index is 12.8. The van der Waals surface area contributed by atoms with Gasteiger partial charge in [-0.2, -0.15) is 0 Å². The third kappa shape index (κ3) is 2.69. The fraction of sp³-hybridized carbons (Fsp3) is 0.684. The number of hydrogen-bond acceptors (Lipinski definition) is 4. The number of fused-ring (bicyclic) bond motifs is 1. The van der Waals surface area contributed by atoms with E-state index in [0.29, 0.717) is 35.7 Å². The zero-order valence-corrected chi connectivity index (χ0v) is 14.3. The van der Waals surface area contributed by atoms with Gasteiger partial charge < -0.3 is 14.5 Å². The van der Waals surface area contributed by atoms with E-state index in [-0.39, 0.29) is 23.3 Å². The number of rotatable bonds is 2. The molecular formula is C19H25NO4. The van der Waals surface area contributed by atoms with Crippen molar-refractivity contribution in [3.8, 4) is 0 Å². The van der Waals surface area contributed by atoms with Gasteiger partial charge in [0.15, 0.2) is 5.78 Å². The number of aryl methyl sites for hydroxylation is 2. The number of ether oxygens (including phenoxy) is 1. The molecule has 5 heteroatoms. The molecule has 2 aliphatic carbocycles. The van der Waals surface area contributed by atoms with Gasteiger partial charge in [0.05, 0.1) is 29.4 Å². The molecular weight excluding hydrogens is 306 g/mol. The molecule has 1 aromatic heterocycles. The highest BCUT2D eigenvalue weighted by atomic mass is 16.5. The van der Waals surface area contributed by atoms with Crippen LogP contribution in [0, 0.1) is 6.92 Å². The Kier molecular flexibility index (Phi) is 3.99. The molecule has 1 aliphatic heterocycles. The van der Waals surface area contributed by atoms with Crippen molar-refractivity contribution >= 4 is 11.7 Å². The second-order valence-corrected chi connectivity index (χ2v) is 7.54. The minimum Gasteiger partial charge on any atom is -0.465 e. The highest BCUT2D eigenvalue weighted by molar-refractivity contribution is 6.10. The standard InChI is InChI=1S/C19H25NO4/c1-12-16(17-14(21)6-5-7-15(17)24-12)18(22)20-13-10-19(23-11-13)8-3-2-4-9-19/h13H,2-11H2,1H3,(H,20,22). The molecule has 1 aromatic rings. The van der Waals surface area contributed by atoms with Crippen LogP contribution in [0.4, 0.5) is 0 Å². The molecule has 130 valence electrons. The normalized spacial score (nSPS) is 25.7. The van der Waals surface area contributed by atoms with E-state index in [1.807, 2.05) is 0 Å². The van der Waals surface area contributed by atoms with Crippen LogP contribution in [0.1, 0.15) is 83.6 Å². The Morgan fingerprint density at radius 3 is 2.75 bits per heavy atom. The molecule has 2 fully saturated rings. The summed E-state index contributed by atoms with van der Waals surface area (Å²) in [5.74, 6) is 1.08. The summed E-state index contributed by atoms with van der Waals surface area (Å²) in [6, 6.07) is 0.0271. The van der Waals surface area contributed by atoms with Crippen molar-refractivity contribution in [1.82, 2.24) is 5.32 Å². The summed E-state index contributed by atoms with van der Waals surface area (Å²) < 4.78 is 11.8. The largest absolute Gasteiger partial charge is 0.465 e. The minimum absolute atomic E-state index is 0.0271. The molecule has 0 bridgehead atoms. The third-order valence-electron chi connectivity index (χ3n) is 5.78. The van der Waals surface area contributed by atoms with Gasteiger partial charge in [0.2, 0.25) is 0 Å². The first kappa shape index (κ1) is 15.9. The number of Topliss-reactive ketones (excluding diaryl/α,β-unsaturated/α-hetero) is 1. The molecule has 1 amide bonds. The molecule has 24 heavy (non-hydrogen) atoms. The van der Waals surface area contributed by atoms with Crippen LogP contribution in [0.2, 0.25) is 0 Å². The number of furan rings is 1. The highest BCUT2D eigenvalue weighted by Gasteiger charge is 2.42. The second-order valence-electron chi connectivity index (χ2n) is 7.54. The van der Waals surface area contributed by atoms with Crippen molar-refractivity contribution in [3.05, 3.63) is 22.6 Å². The van der Waals surface area contributed by atoms with Gasteiger partial charge in [0.1, 0.15) is 11.5 Å². The Morgan fingerprint density at radius 2 is 1.96 bits per heavy atom. The molecule has 4 rings (SSSR count). The topological polar surface area (TPSA) is 68.5 Å². The predicted octanol–water partition coefficient (Wildman–Crippen LogP) is 3.33. The number of carbonyl (C=O) groups excluding carboxylic acids is 2. The molecule has 1 atom stereocenters. The number of carbonyl (C=O) groups is 2. The molecule has 0 aromatic carbocycles. The molecule has 3 aliphatic rings. The van der Waals surface area contributed by atoms with E-state index in [1.54, 1.807) is 6.92 Å². The molecule has 5 nitrogen and oxygen atoms in total. The first-order valence-electron chi connectivity index (χ1n) is 9.18. The Bertz CT molecular complexity index is 669. The monoisotopic (exact) mass is 331 g/mol. The van der Waals surface area contributed by atoms with E-state index in [1.165, 1.54) is 19.3 Å². The first-order valence-corrected chi connectivity index (χ1v) is 9.18. The van der Waals surface area contributed by atoms with Crippen LogP contribution in [-0.4, -0.2) is 29.9 Å². The lowest BCUT2D eigenvalue weighted by molar-refractivity contribution is -0.0246. The summed E-state index contributed by atoms with van der Waals surface area (Å²) in [7, 11) is 0. The highest BCUT2D eigenvalue weighted by Crippen LogP contribution is 2.39. The molecule has 1 unspecified atom stereocenters. The van der Waals surface area contributed by atoms with Gasteiger partial charge in [-0.25, -0.2) is 0 Å². The van der Waals surface area contributed by atoms with Crippen LogP contribution >= 0.6 is 0 Å². The lowest BCUT2D eigenvalue weighted by atomic mass is 9.82. The molecule has 1 saturated heterocycles. The summed E-state index contributed by atoms with van der Waals surface area (Å²) in [6.45, 7) is 2.34. The molecule has 1 spiro atoms. The molecule has 1 N–H and O–H groups in total. The van der Waals surface area contributed by atoms with Gasteiger partial charge in [-0.05, 0) is 32.6 Å². The third-order valence-corrected chi connectivity index (χ3v) is 5.78. The Morgan fingerprint density at radius 1 is 1.17 bits per heavy atom. The van der Waals surface area contributed by atoms with E-state index >= 15 is 0 Å². The lowest BCUT2D eigenvalue weighted by Gasteiger charge is -2.32. The van der Waals surface area contributed by atoms with Crippen LogP contribution in [0.5, 0.6) is 0 Å². The Hall–Kier alpha value is -1.62. The van der Waals surface area contributed by atoms with Crippen molar-refractivity contribution in [2.45, 2.75) is 76.4 Å². The Labute approximate surface area is 142 Å². The van der Waals surface area contributed by atoms with E-state index in [4.69, 9.17) is 9.15 Å². The number of nitrogens with one attached hydrogen (secondary N) is 1. The van der Waals surface area contributed by atoms with Gasteiger partial charge in [0.25, 0.3) is 5.91 Å². The smallest absolute Gasteiger partial charge is 0.255 e. The van der Waals surface area contributed by atoms with Crippen LogP contribution in [0.3, 0.4) is 0 Å². The van der Waals surface area contributed by atoms with Gasteiger partial charge in [-0.1, -0.05) is 19.3 Å². The summed E-state index contributed by atoms with van der Waals surface area (Å²) >= 11 is 0. The average Bonchev–Trinajstić information content (AvgIpc) is 3.09. The lowest BCUT2D eigenvalue weighted by Crippen LogP contribution is -2.38. The van der Waals surface area contributed by atoms with Gasteiger partial charge in [-0.15, -0.1) is 0 Å². The van der Waals surface area contributed by atoms with Crippen LogP contribution in [0.15, 0.2) is 4.42 Å². The van der Waals surface area contributed by atoms with Crippen LogP contribution < -0.4 is 5.32 Å². The predicted molar refractivity (Wildman–Crippen MR) is 88.4 cm³/mol. The fourth-order valence-corrected chi connectivity index (χ4v) is 4.62. The summed E-state index contributed by atoms with van der Waals surface area (Å²) in [5.41, 5.74) is 0.929. The Balaban J connectivity index is 1.50. The summed E-state index contributed by atoms with van der Waals surface area (Å²) in [6.07, 6.45) is 8.82. The summed E-state index contributed by atoms with van der Waals surface area (Å²) in [5, 5.41) is 3.09. The SMILES string of the molecule is Cc1oc2c(c1C(=O)NC1COC3(CCCCC3)C1)C(=O)CCC2. The zero-order chi connectivity index (χ0) is 16.7. The van der Waals surface area contributed by atoms with Crippen LogP contribution in [0.25, 0.3) is 0 Å². The van der Waals surface area contributed by atoms with E-state index in [2.05, 4.69) is 5.32 Å².